The molecule has 3 aliphatic carbocycles. The molecular weight excluding hydrogens is 418 g/mol. The van der Waals surface area contributed by atoms with Crippen LogP contribution in [0.5, 0.6) is 0 Å². The Morgan fingerprint density at radius 1 is 1.25 bits per heavy atom. The Hall–Kier alpha value is -1.29. The van der Waals surface area contributed by atoms with Gasteiger partial charge in [0.15, 0.2) is 5.78 Å². The van der Waals surface area contributed by atoms with Crippen molar-refractivity contribution in [2.75, 3.05) is 13.1 Å². The molecule has 3 N–H and O–H groups in total. The molecule has 0 aromatic heterocycles. The zero-order valence-electron chi connectivity index (χ0n) is 20.2. The lowest BCUT2D eigenvalue weighted by atomic mass is 9.50. The highest BCUT2D eigenvalue weighted by molar-refractivity contribution is 6.30. The first-order chi connectivity index (χ1) is 15.4. The van der Waals surface area contributed by atoms with Crippen molar-refractivity contribution < 1.29 is 4.79 Å². The van der Waals surface area contributed by atoms with Gasteiger partial charge in [-0.25, -0.2) is 0 Å². The average Bonchev–Trinajstić information content (AvgIpc) is 3.14. The molecule has 0 amide bonds. The topological polar surface area (TPSA) is 65.0 Å². The summed E-state index contributed by atoms with van der Waals surface area (Å²) in [7, 11) is 0. The number of Topliss-reactive ketones (excluding diaryl/α,β-unsaturated/α-hetero) is 1. The van der Waals surface area contributed by atoms with Gasteiger partial charge in [-0.15, -0.1) is 0 Å². The van der Waals surface area contributed by atoms with Crippen molar-refractivity contribution in [2.24, 2.45) is 40.9 Å². The van der Waals surface area contributed by atoms with E-state index >= 15 is 0 Å². The molecule has 5 heteroatoms. The molecule has 0 bridgehead atoms. The number of hydrogen-bond donors (Lipinski definition) is 3. The van der Waals surface area contributed by atoms with E-state index in [-0.39, 0.29) is 11.3 Å². The van der Waals surface area contributed by atoms with Crippen molar-refractivity contribution in [3.05, 3.63) is 23.0 Å². The normalized spacial score (nSPS) is 40.3. The van der Waals surface area contributed by atoms with Crippen molar-refractivity contribution >= 4 is 23.1 Å². The van der Waals surface area contributed by atoms with Crippen LogP contribution in [0.1, 0.15) is 78.6 Å². The zero-order chi connectivity index (χ0) is 22.9. The highest BCUT2D eigenvalue weighted by atomic mass is 35.5. The third kappa shape index (κ3) is 4.41. The van der Waals surface area contributed by atoms with Crippen molar-refractivity contribution in [3.63, 3.8) is 0 Å². The van der Waals surface area contributed by atoms with Gasteiger partial charge in [0.1, 0.15) is 5.16 Å². The molecule has 1 heterocycles. The summed E-state index contributed by atoms with van der Waals surface area (Å²) in [5, 5.41) is 14.7. The smallest absolute Gasteiger partial charge is 0.155 e. The van der Waals surface area contributed by atoms with Gasteiger partial charge in [-0.1, -0.05) is 51.6 Å². The van der Waals surface area contributed by atoms with Gasteiger partial charge in [0.2, 0.25) is 0 Å². The molecule has 4 aliphatic rings. The fourth-order valence-corrected chi connectivity index (χ4v) is 8.30. The van der Waals surface area contributed by atoms with Crippen LogP contribution < -0.4 is 10.6 Å². The monoisotopic (exact) mass is 459 g/mol. The van der Waals surface area contributed by atoms with Crippen LogP contribution in [0.25, 0.3) is 0 Å². The number of allylic oxidation sites excluding steroid dienone is 1. The van der Waals surface area contributed by atoms with Gasteiger partial charge in [0, 0.05) is 17.7 Å². The summed E-state index contributed by atoms with van der Waals surface area (Å²) < 4.78 is 0. The lowest BCUT2D eigenvalue weighted by Gasteiger charge is -2.54. The average molecular weight is 460 g/mol. The van der Waals surface area contributed by atoms with Gasteiger partial charge in [0.25, 0.3) is 0 Å². The molecule has 178 valence electrons. The Balaban J connectivity index is 1.41. The first kappa shape index (κ1) is 23.9. The van der Waals surface area contributed by atoms with Gasteiger partial charge >= 0.3 is 0 Å². The zero-order valence-corrected chi connectivity index (χ0v) is 20.9. The second-order valence-corrected chi connectivity index (χ2v) is 11.5. The number of carbonyl (C=O) groups excluding carboxylic acids is 1. The van der Waals surface area contributed by atoms with E-state index in [9.17, 15) is 4.79 Å². The summed E-state index contributed by atoms with van der Waals surface area (Å²) in [6.07, 6.45) is 15.2. The number of hydrogen-bond acceptors (Lipinski definition) is 4. The maximum Gasteiger partial charge on any atom is 0.155 e. The first-order valence-electron chi connectivity index (χ1n) is 13.0. The molecule has 0 radical (unpaired) electrons. The minimum atomic E-state index is 0.174. The highest BCUT2D eigenvalue weighted by Gasteiger charge is 2.57. The lowest BCUT2D eigenvalue weighted by Crippen LogP contribution is -2.48. The molecule has 7 unspecified atom stereocenters. The molecule has 7 atom stereocenters. The van der Waals surface area contributed by atoms with Crippen molar-refractivity contribution in [1.82, 2.24) is 10.6 Å². The van der Waals surface area contributed by atoms with E-state index in [1.54, 1.807) is 12.3 Å². The Labute approximate surface area is 199 Å². The third-order valence-corrected chi connectivity index (χ3v) is 9.90. The van der Waals surface area contributed by atoms with E-state index in [0.717, 1.165) is 41.6 Å². The molecule has 4 rings (SSSR count). The molecule has 0 saturated heterocycles. The van der Waals surface area contributed by atoms with E-state index in [1.165, 1.54) is 51.4 Å². The number of nitrogens with one attached hydrogen (secondary N) is 3. The first-order valence-corrected chi connectivity index (χ1v) is 13.4. The fourth-order valence-electron chi connectivity index (χ4n) is 8.12. The minimum absolute atomic E-state index is 0.174. The molecule has 0 aromatic carbocycles. The van der Waals surface area contributed by atoms with Gasteiger partial charge in [-0.3, -0.25) is 4.79 Å². The molecule has 3 fully saturated rings. The minimum Gasteiger partial charge on any atom is -0.383 e. The number of rotatable bonds is 7. The van der Waals surface area contributed by atoms with Crippen molar-refractivity contribution in [1.29, 1.82) is 5.41 Å². The second kappa shape index (κ2) is 9.91. The molecule has 0 spiro atoms. The quantitative estimate of drug-likeness (QED) is 0.407. The Morgan fingerprint density at radius 3 is 2.81 bits per heavy atom. The van der Waals surface area contributed by atoms with Gasteiger partial charge < -0.3 is 16.0 Å². The van der Waals surface area contributed by atoms with Crippen LogP contribution in [0.2, 0.25) is 0 Å². The molecule has 4 nitrogen and oxygen atoms in total. The van der Waals surface area contributed by atoms with Crippen LogP contribution in [0, 0.1) is 46.3 Å². The summed E-state index contributed by atoms with van der Waals surface area (Å²) in [5.74, 6) is 4.83. The van der Waals surface area contributed by atoms with E-state index in [1.807, 2.05) is 0 Å². The van der Waals surface area contributed by atoms with E-state index in [0.29, 0.717) is 29.7 Å². The van der Waals surface area contributed by atoms with Crippen molar-refractivity contribution in [3.8, 4) is 0 Å². The Bertz CT molecular complexity index is 790. The summed E-state index contributed by atoms with van der Waals surface area (Å²) in [6, 6.07) is 0. The third-order valence-electron chi connectivity index (χ3n) is 9.65. The standard InChI is InChI=1S/C27H42ClN3O/c1-4-6-19-17(5-2)7-8-21-20(19)11-12-27(3)22(21)9-10-23(27)25(32)16-30-14-18-13-26(28)31-15-24(18)29/h13-14,17,19-23,29-31H,4-12,15-16H2,1-3H3/b18-14-,29-24?. The van der Waals surface area contributed by atoms with Gasteiger partial charge in [-0.2, -0.15) is 0 Å². The number of carbonyl (C=O) groups is 1. The summed E-state index contributed by atoms with van der Waals surface area (Å²) in [6.45, 7) is 7.97. The van der Waals surface area contributed by atoms with Crippen LogP contribution in [0.4, 0.5) is 0 Å². The Kier molecular flexibility index (Phi) is 7.39. The van der Waals surface area contributed by atoms with Crippen molar-refractivity contribution in [2.45, 2.75) is 78.6 Å². The maximum absolute atomic E-state index is 13.3. The maximum atomic E-state index is 13.3. The lowest BCUT2D eigenvalue weighted by molar-refractivity contribution is -0.129. The predicted molar refractivity (Wildman–Crippen MR) is 133 cm³/mol. The SMILES string of the molecule is CCCC1C(CC)CCC2C1CCC1(C)C(C(=O)CN/C=C3/C=C(Cl)NCC3=N)CCC21. The van der Waals surface area contributed by atoms with Crippen LogP contribution >= 0.6 is 11.6 Å². The van der Waals surface area contributed by atoms with E-state index in [2.05, 4.69) is 31.4 Å². The largest absolute Gasteiger partial charge is 0.383 e. The van der Waals surface area contributed by atoms with Crippen LogP contribution in [-0.4, -0.2) is 24.6 Å². The summed E-state index contributed by atoms with van der Waals surface area (Å²) >= 11 is 6.04. The molecule has 32 heavy (non-hydrogen) atoms. The number of ketones is 1. The van der Waals surface area contributed by atoms with Crippen LogP contribution in [-0.2, 0) is 4.79 Å². The molecule has 1 aliphatic heterocycles. The number of halogens is 1. The van der Waals surface area contributed by atoms with Gasteiger partial charge in [0.05, 0.1) is 18.8 Å². The number of fused-ring (bicyclic) bond motifs is 3. The molecule has 3 saturated carbocycles. The Morgan fingerprint density at radius 2 is 2.06 bits per heavy atom. The van der Waals surface area contributed by atoms with Crippen LogP contribution in [0.15, 0.2) is 23.0 Å². The predicted octanol–water partition coefficient (Wildman–Crippen LogP) is 6.03. The molecular formula is C27H42ClN3O. The molecule has 0 aromatic rings. The highest BCUT2D eigenvalue weighted by Crippen LogP contribution is 2.63. The van der Waals surface area contributed by atoms with Crippen LogP contribution in [0.3, 0.4) is 0 Å². The summed E-state index contributed by atoms with van der Waals surface area (Å²) in [5.41, 5.74) is 1.42. The van der Waals surface area contributed by atoms with E-state index < -0.39 is 0 Å². The van der Waals surface area contributed by atoms with E-state index in [4.69, 9.17) is 17.0 Å². The second-order valence-electron chi connectivity index (χ2n) is 11.1. The van der Waals surface area contributed by atoms with Gasteiger partial charge in [-0.05, 0) is 79.6 Å². The summed E-state index contributed by atoms with van der Waals surface area (Å²) in [4.78, 5) is 13.3. The fraction of sp³-hybridized carbons (Fsp3) is 0.778.